The first-order valence-corrected chi connectivity index (χ1v) is 6.33. The molecule has 100 valence electrons. The Hall–Kier alpha value is -1.57. The van der Waals surface area contributed by atoms with Crippen molar-refractivity contribution in [3.8, 4) is 5.75 Å². The molecule has 0 aromatic heterocycles. The Morgan fingerprint density at radius 1 is 1.22 bits per heavy atom. The number of rotatable bonds is 3. The van der Waals surface area contributed by atoms with E-state index in [1.807, 2.05) is 0 Å². The van der Waals surface area contributed by atoms with Gasteiger partial charge in [0.05, 0.1) is 5.75 Å². The molecule has 1 rings (SSSR count). The van der Waals surface area contributed by atoms with E-state index in [1.54, 1.807) is 0 Å². The lowest BCUT2D eigenvalue weighted by atomic mass is 10.2. The number of esters is 1. The van der Waals surface area contributed by atoms with Gasteiger partial charge in [0, 0.05) is 6.92 Å². The average Bonchev–Trinajstić information content (AvgIpc) is 2.18. The van der Waals surface area contributed by atoms with Crippen LogP contribution in [0.1, 0.15) is 12.5 Å². The van der Waals surface area contributed by atoms with Gasteiger partial charge in [-0.2, -0.15) is 13.2 Å². The van der Waals surface area contributed by atoms with Crippen LogP contribution in [0.15, 0.2) is 24.3 Å². The zero-order valence-electron chi connectivity index (χ0n) is 9.19. The van der Waals surface area contributed by atoms with Crippen molar-refractivity contribution in [1.82, 2.24) is 0 Å². The number of ether oxygens (including phenoxy) is 1. The van der Waals surface area contributed by atoms with E-state index in [2.05, 4.69) is 4.74 Å². The van der Waals surface area contributed by atoms with E-state index in [-0.39, 0.29) is 11.3 Å². The molecule has 0 bridgehead atoms. The van der Waals surface area contributed by atoms with Crippen LogP contribution in [0.25, 0.3) is 0 Å². The van der Waals surface area contributed by atoms with E-state index in [9.17, 15) is 26.4 Å². The summed E-state index contributed by atoms with van der Waals surface area (Å²) in [4.78, 5) is 10.6. The second-order valence-electron chi connectivity index (χ2n) is 3.44. The van der Waals surface area contributed by atoms with Gasteiger partial charge in [0.25, 0.3) is 9.84 Å². The summed E-state index contributed by atoms with van der Waals surface area (Å²) in [7, 11) is -5.19. The van der Waals surface area contributed by atoms with Crippen LogP contribution in [-0.2, 0) is 20.4 Å². The molecule has 0 spiro atoms. The fourth-order valence-corrected chi connectivity index (χ4v) is 1.92. The first kappa shape index (κ1) is 14.5. The fourth-order valence-electron chi connectivity index (χ4n) is 1.12. The number of carbonyl (C=O) groups is 1. The summed E-state index contributed by atoms with van der Waals surface area (Å²) < 4.78 is 62.7. The molecule has 1 aromatic rings. The van der Waals surface area contributed by atoms with Crippen LogP contribution in [0.5, 0.6) is 5.75 Å². The fraction of sp³-hybridized carbons (Fsp3) is 0.300. The van der Waals surface area contributed by atoms with Gasteiger partial charge in [-0.1, -0.05) is 12.1 Å². The molecule has 1 aromatic carbocycles. The molecule has 0 saturated carbocycles. The van der Waals surface area contributed by atoms with Gasteiger partial charge in [-0.15, -0.1) is 0 Å². The maximum absolute atomic E-state index is 12.1. The maximum Gasteiger partial charge on any atom is 0.497 e. The maximum atomic E-state index is 12.1. The molecular formula is C10H9F3O4S. The third-order valence-corrected chi connectivity index (χ3v) is 3.31. The monoisotopic (exact) mass is 282 g/mol. The zero-order valence-corrected chi connectivity index (χ0v) is 10.0. The second kappa shape index (κ2) is 4.97. The van der Waals surface area contributed by atoms with E-state index in [0.717, 1.165) is 12.1 Å². The third kappa shape index (κ3) is 3.73. The predicted molar refractivity (Wildman–Crippen MR) is 56.4 cm³/mol. The van der Waals surface area contributed by atoms with Crippen molar-refractivity contribution >= 4 is 15.8 Å². The number of benzene rings is 1. The number of hydrogen-bond acceptors (Lipinski definition) is 4. The number of alkyl halides is 3. The molecule has 0 atom stereocenters. The van der Waals surface area contributed by atoms with E-state index in [0.29, 0.717) is 0 Å². The summed E-state index contributed by atoms with van der Waals surface area (Å²) in [5, 5.41) is 0. The summed E-state index contributed by atoms with van der Waals surface area (Å²) in [6.45, 7) is 1.17. The van der Waals surface area contributed by atoms with Crippen LogP contribution >= 0.6 is 0 Å². The van der Waals surface area contributed by atoms with Crippen LogP contribution in [0.3, 0.4) is 0 Å². The van der Waals surface area contributed by atoms with Gasteiger partial charge in [0.15, 0.2) is 0 Å². The van der Waals surface area contributed by atoms with Crippen molar-refractivity contribution in [2.45, 2.75) is 18.2 Å². The van der Waals surface area contributed by atoms with Gasteiger partial charge >= 0.3 is 11.5 Å². The van der Waals surface area contributed by atoms with Gasteiger partial charge < -0.3 is 4.74 Å². The number of halogens is 3. The molecule has 0 heterocycles. The molecular weight excluding hydrogens is 273 g/mol. The molecule has 0 aliphatic heterocycles. The number of hydrogen-bond donors (Lipinski definition) is 0. The minimum atomic E-state index is -5.28. The molecule has 4 nitrogen and oxygen atoms in total. The Balaban J connectivity index is 2.85. The van der Waals surface area contributed by atoms with Crippen molar-refractivity contribution in [3.63, 3.8) is 0 Å². The van der Waals surface area contributed by atoms with E-state index >= 15 is 0 Å². The average molecular weight is 282 g/mol. The quantitative estimate of drug-likeness (QED) is 0.629. The molecule has 0 radical (unpaired) electrons. The first-order valence-electron chi connectivity index (χ1n) is 4.68. The zero-order chi connectivity index (χ0) is 14.0. The third-order valence-electron chi connectivity index (χ3n) is 1.89. The molecule has 0 N–H and O–H groups in total. The second-order valence-corrected chi connectivity index (χ2v) is 5.42. The molecule has 0 amide bonds. The van der Waals surface area contributed by atoms with Crippen LogP contribution < -0.4 is 4.74 Å². The van der Waals surface area contributed by atoms with Crippen molar-refractivity contribution in [2.24, 2.45) is 0 Å². The highest BCUT2D eigenvalue weighted by molar-refractivity contribution is 7.91. The largest absolute Gasteiger partial charge is 0.497 e. The highest BCUT2D eigenvalue weighted by Gasteiger charge is 2.45. The minimum Gasteiger partial charge on any atom is -0.427 e. The Labute approximate surface area is 101 Å². The van der Waals surface area contributed by atoms with Crippen molar-refractivity contribution in [2.75, 3.05) is 0 Å². The van der Waals surface area contributed by atoms with Gasteiger partial charge in [-0.25, -0.2) is 8.42 Å². The SMILES string of the molecule is CC(=O)Oc1ccc(CS(=O)(=O)C(F)(F)F)cc1. The molecule has 8 heteroatoms. The number of sulfone groups is 1. The van der Waals surface area contributed by atoms with Crippen LogP contribution in [0, 0.1) is 0 Å². The summed E-state index contributed by atoms with van der Waals surface area (Å²) in [5.74, 6) is -1.59. The molecule has 18 heavy (non-hydrogen) atoms. The van der Waals surface area contributed by atoms with E-state index < -0.39 is 27.1 Å². The van der Waals surface area contributed by atoms with Gasteiger partial charge in [-0.05, 0) is 17.7 Å². The minimum absolute atomic E-state index is 0.0387. The highest BCUT2D eigenvalue weighted by atomic mass is 32.2. The summed E-state index contributed by atoms with van der Waals surface area (Å²) >= 11 is 0. The normalized spacial score (nSPS) is 12.2. The lowest BCUT2D eigenvalue weighted by molar-refractivity contribution is -0.131. The van der Waals surface area contributed by atoms with Crippen molar-refractivity contribution in [1.29, 1.82) is 0 Å². The molecule has 0 aliphatic carbocycles. The van der Waals surface area contributed by atoms with Crippen molar-refractivity contribution in [3.05, 3.63) is 29.8 Å². The predicted octanol–water partition coefficient (Wildman–Crippen LogP) is 2.05. The molecule has 0 aliphatic rings. The van der Waals surface area contributed by atoms with Crippen LogP contribution in [0.4, 0.5) is 13.2 Å². The molecule has 0 fully saturated rings. The van der Waals surface area contributed by atoms with Gasteiger partial charge in [0.2, 0.25) is 0 Å². The Morgan fingerprint density at radius 2 is 1.72 bits per heavy atom. The lowest BCUT2D eigenvalue weighted by Crippen LogP contribution is -2.24. The lowest BCUT2D eigenvalue weighted by Gasteiger charge is -2.08. The first-order chi connectivity index (χ1) is 8.12. The number of carbonyl (C=O) groups excluding carboxylic acids is 1. The Morgan fingerprint density at radius 3 is 2.11 bits per heavy atom. The van der Waals surface area contributed by atoms with Crippen LogP contribution in [-0.4, -0.2) is 19.9 Å². The Bertz CT molecular complexity index is 531. The van der Waals surface area contributed by atoms with E-state index in [4.69, 9.17) is 0 Å². The van der Waals surface area contributed by atoms with E-state index in [1.165, 1.54) is 19.1 Å². The summed E-state index contributed by atoms with van der Waals surface area (Å²) in [5.41, 5.74) is -5.31. The molecule has 0 saturated heterocycles. The summed E-state index contributed by atoms with van der Waals surface area (Å²) in [6, 6.07) is 4.76. The van der Waals surface area contributed by atoms with Crippen molar-refractivity contribution < 1.29 is 31.1 Å². The Kier molecular flexibility index (Phi) is 4.00. The standard InChI is InChI=1S/C10H9F3O4S/c1-7(14)17-9-4-2-8(3-5-9)6-18(15,16)10(11,12)13/h2-5H,6H2,1H3. The molecule has 0 unspecified atom stereocenters. The van der Waals surface area contributed by atoms with Crippen LogP contribution in [0.2, 0.25) is 0 Å². The summed E-state index contributed by atoms with van der Waals surface area (Å²) in [6.07, 6.45) is 0. The smallest absolute Gasteiger partial charge is 0.427 e. The topological polar surface area (TPSA) is 60.4 Å². The van der Waals surface area contributed by atoms with Gasteiger partial charge in [-0.3, -0.25) is 4.79 Å². The van der Waals surface area contributed by atoms with Gasteiger partial charge in [0.1, 0.15) is 5.75 Å². The highest BCUT2D eigenvalue weighted by Crippen LogP contribution is 2.27.